The molecule has 0 bridgehead atoms. The van der Waals surface area contributed by atoms with E-state index in [2.05, 4.69) is 59.1 Å². The number of hydrogen-bond donors (Lipinski definition) is 0. The molecule has 19 heavy (non-hydrogen) atoms. The lowest BCUT2D eigenvalue weighted by atomic mass is 10.1. The molecule has 3 aromatic carbocycles. The Labute approximate surface area is 109 Å². The first-order valence-electron chi connectivity index (χ1n) is 6.42. The van der Waals surface area contributed by atoms with E-state index in [1.54, 1.807) is 0 Å². The lowest BCUT2D eigenvalue weighted by molar-refractivity contribution is 1.26. The van der Waals surface area contributed by atoms with Crippen molar-refractivity contribution in [1.29, 1.82) is 0 Å². The summed E-state index contributed by atoms with van der Waals surface area (Å²) in [6.45, 7) is 0. The molecule has 0 aliphatic heterocycles. The van der Waals surface area contributed by atoms with E-state index in [1.165, 1.54) is 27.1 Å². The molecule has 0 aliphatic rings. The van der Waals surface area contributed by atoms with Gasteiger partial charge in [0.15, 0.2) is 0 Å². The SMILES string of the molecule is c1ccc2c(c1)nc1c3cccc4ccc(cn21)c43. The fourth-order valence-corrected chi connectivity index (χ4v) is 3.09. The van der Waals surface area contributed by atoms with Crippen molar-refractivity contribution < 1.29 is 0 Å². The Morgan fingerprint density at radius 3 is 2.68 bits per heavy atom. The minimum Gasteiger partial charge on any atom is -0.299 e. The Morgan fingerprint density at radius 2 is 1.68 bits per heavy atom. The maximum atomic E-state index is 4.79. The predicted molar refractivity (Wildman–Crippen MR) is 78.9 cm³/mol. The van der Waals surface area contributed by atoms with Crippen molar-refractivity contribution in [3.05, 3.63) is 60.8 Å². The summed E-state index contributed by atoms with van der Waals surface area (Å²) in [5.41, 5.74) is 3.27. The summed E-state index contributed by atoms with van der Waals surface area (Å²) in [7, 11) is 0. The largest absolute Gasteiger partial charge is 0.299 e. The van der Waals surface area contributed by atoms with Crippen molar-refractivity contribution in [3.63, 3.8) is 0 Å². The number of pyridine rings is 1. The third-order valence-corrected chi connectivity index (χ3v) is 3.93. The zero-order valence-corrected chi connectivity index (χ0v) is 10.2. The number of hydrogen-bond acceptors (Lipinski definition) is 1. The summed E-state index contributed by atoms with van der Waals surface area (Å²) in [6, 6.07) is 19.1. The number of nitrogens with zero attached hydrogens (tertiary/aromatic N) is 2. The number of aromatic nitrogens is 2. The van der Waals surface area contributed by atoms with Gasteiger partial charge in [-0.15, -0.1) is 0 Å². The average Bonchev–Trinajstić information content (AvgIpc) is 3.03. The Bertz CT molecular complexity index is 1060. The molecule has 0 amide bonds. The second-order valence-corrected chi connectivity index (χ2v) is 4.98. The highest BCUT2D eigenvalue weighted by molar-refractivity contribution is 6.16. The molecular weight excluding hydrogens is 232 g/mol. The molecule has 0 fully saturated rings. The van der Waals surface area contributed by atoms with Gasteiger partial charge in [0.05, 0.1) is 11.0 Å². The van der Waals surface area contributed by atoms with Crippen LogP contribution in [-0.4, -0.2) is 9.38 Å². The number of benzene rings is 2. The van der Waals surface area contributed by atoms with Gasteiger partial charge < -0.3 is 0 Å². The first-order valence-corrected chi connectivity index (χ1v) is 6.42. The zero-order chi connectivity index (χ0) is 12.4. The summed E-state index contributed by atoms with van der Waals surface area (Å²) in [5.74, 6) is 0. The number of fused-ring (bicyclic) bond motifs is 4. The molecule has 0 radical (unpaired) electrons. The van der Waals surface area contributed by atoms with E-state index in [0.29, 0.717) is 0 Å². The molecule has 2 heterocycles. The Kier molecular flexibility index (Phi) is 1.49. The van der Waals surface area contributed by atoms with Crippen LogP contribution >= 0.6 is 0 Å². The van der Waals surface area contributed by atoms with Crippen LogP contribution in [0.3, 0.4) is 0 Å². The van der Waals surface area contributed by atoms with Crippen LogP contribution < -0.4 is 0 Å². The van der Waals surface area contributed by atoms with Gasteiger partial charge in [-0.2, -0.15) is 0 Å². The molecule has 0 unspecified atom stereocenters. The van der Waals surface area contributed by atoms with Gasteiger partial charge >= 0.3 is 0 Å². The minimum absolute atomic E-state index is 1.05. The quantitative estimate of drug-likeness (QED) is 0.397. The van der Waals surface area contributed by atoms with Crippen LogP contribution in [0.1, 0.15) is 0 Å². The van der Waals surface area contributed by atoms with Crippen molar-refractivity contribution in [1.82, 2.24) is 9.38 Å². The maximum absolute atomic E-state index is 4.79. The van der Waals surface area contributed by atoms with Crippen LogP contribution in [0.5, 0.6) is 0 Å². The van der Waals surface area contributed by atoms with Crippen molar-refractivity contribution in [2.75, 3.05) is 0 Å². The average molecular weight is 242 g/mol. The summed E-state index contributed by atoms with van der Waals surface area (Å²) in [4.78, 5) is 4.79. The summed E-state index contributed by atoms with van der Waals surface area (Å²) < 4.78 is 2.20. The monoisotopic (exact) mass is 242 g/mol. The molecule has 0 saturated heterocycles. The Balaban J connectivity index is 2.21. The maximum Gasteiger partial charge on any atom is 0.145 e. The molecule has 0 N–H and O–H groups in total. The van der Waals surface area contributed by atoms with Crippen LogP contribution in [0.25, 0.3) is 38.2 Å². The molecule has 5 aromatic rings. The molecule has 2 heteroatoms. The van der Waals surface area contributed by atoms with Crippen LogP contribution in [-0.2, 0) is 0 Å². The number of imidazole rings is 1. The topological polar surface area (TPSA) is 17.3 Å². The Hall–Kier alpha value is -2.61. The molecule has 5 rings (SSSR count). The highest BCUT2D eigenvalue weighted by Gasteiger charge is 2.11. The minimum atomic E-state index is 1.05. The van der Waals surface area contributed by atoms with Crippen molar-refractivity contribution in [3.8, 4) is 0 Å². The highest BCUT2D eigenvalue weighted by Crippen LogP contribution is 2.32. The standard InChI is InChI=1S/C17H10N2/c1-2-7-15-14(6-1)18-17-13-5-3-4-11-8-9-12(16(11)13)10-19(15)17/h1-10H. The van der Waals surface area contributed by atoms with E-state index in [9.17, 15) is 0 Å². The van der Waals surface area contributed by atoms with E-state index < -0.39 is 0 Å². The highest BCUT2D eigenvalue weighted by atomic mass is 15.0. The van der Waals surface area contributed by atoms with E-state index >= 15 is 0 Å². The molecule has 0 saturated carbocycles. The Morgan fingerprint density at radius 1 is 0.789 bits per heavy atom. The fourth-order valence-electron chi connectivity index (χ4n) is 3.09. The molecule has 2 nitrogen and oxygen atoms in total. The van der Waals surface area contributed by atoms with Gasteiger partial charge in [-0.3, -0.25) is 4.40 Å². The normalized spacial score (nSPS) is 12.2. The molecule has 88 valence electrons. The predicted octanol–water partition coefficient (Wildman–Crippen LogP) is 4.23. The second kappa shape index (κ2) is 3.04. The van der Waals surface area contributed by atoms with E-state index in [4.69, 9.17) is 4.98 Å². The van der Waals surface area contributed by atoms with Gasteiger partial charge in [0.2, 0.25) is 0 Å². The second-order valence-electron chi connectivity index (χ2n) is 4.98. The smallest absolute Gasteiger partial charge is 0.145 e. The van der Waals surface area contributed by atoms with Gasteiger partial charge in [-0.05, 0) is 22.9 Å². The molecule has 0 spiro atoms. The van der Waals surface area contributed by atoms with Crippen LogP contribution in [0.4, 0.5) is 0 Å². The molecule has 0 aliphatic carbocycles. The lowest BCUT2D eigenvalue weighted by Gasteiger charge is -2.02. The zero-order valence-electron chi connectivity index (χ0n) is 10.2. The molecule has 0 atom stereocenters. The van der Waals surface area contributed by atoms with Gasteiger partial charge in [0.1, 0.15) is 5.65 Å². The molecular formula is C17H10N2. The van der Waals surface area contributed by atoms with E-state index in [-0.39, 0.29) is 0 Å². The van der Waals surface area contributed by atoms with Crippen LogP contribution in [0.15, 0.2) is 60.8 Å². The van der Waals surface area contributed by atoms with Crippen molar-refractivity contribution >= 4 is 38.2 Å². The lowest BCUT2D eigenvalue weighted by Crippen LogP contribution is -1.85. The van der Waals surface area contributed by atoms with Crippen molar-refractivity contribution in [2.24, 2.45) is 0 Å². The summed E-state index contributed by atoms with van der Waals surface area (Å²) in [6.07, 6.45) is 2.19. The van der Waals surface area contributed by atoms with Crippen LogP contribution in [0.2, 0.25) is 0 Å². The first-order chi connectivity index (χ1) is 9.42. The number of para-hydroxylation sites is 2. The van der Waals surface area contributed by atoms with Gasteiger partial charge in [-0.25, -0.2) is 4.98 Å². The van der Waals surface area contributed by atoms with Crippen molar-refractivity contribution in [2.45, 2.75) is 0 Å². The van der Waals surface area contributed by atoms with E-state index in [1.807, 2.05) is 6.07 Å². The van der Waals surface area contributed by atoms with Crippen LogP contribution in [0, 0.1) is 0 Å². The third kappa shape index (κ3) is 1.04. The summed E-state index contributed by atoms with van der Waals surface area (Å²) >= 11 is 0. The third-order valence-electron chi connectivity index (χ3n) is 3.93. The fraction of sp³-hybridized carbons (Fsp3) is 0. The van der Waals surface area contributed by atoms with Gasteiger partial charge in [-0.1, -0.05) is 42.5 Å². The number of rotatable bonds is 0. The molecule has 2 aromatic heterocycles. The van der Waals surface area contributed by atoms with Gasteiger partial charge in [0, 0.05) is 17.0 Å². The van der Waals surface area contributed by atoms with Gasteiger partial charge in [0.25, 0.3) is 0 Å². The first kappa shape index (κ1) is 9.34. The summed E-state index contributed by atoms with van der Waals surface area (Å²) in [5, 5.41) is 5.13. The van der Waals surface area contributed by atoms with E-state index in [0.717, 1.165) is 11.2 Å².